The number of halogens is 2. The summed E-state index contributed by atoms with van der Waals surface area (Å²) in [5.41, 5.74) is -0.0719. The van der Waals surface area contributed by atoms with E-state index in [-0.39, 0.29) is 23.1 Å². The number of rotatable bonds is 4. The largest absolute Gasteiger partial charge is 0.375 e. The second-order valence-electron chi connectivity index (χ2n) is 5.53. The maximum absolute atomic E-state index is 13.8. The van der Waals surface area contributed by atoms with Crippen molar-refractivity contribution in [2.75, 3.05) is 6.61 Å². The highest BCUT2D eigenvalue weighted by Gasteiger charge is 2.35. The second-order valence-corrected chi connectivity index (χ2v) is 6.44. The van der Waals surface area contributed by atoms with E-state index in [1.807, 2.05) is 0 Å². The molecule has 0 aliphatic carbocycles. The van der Waals surface area contributed by atoms with Crippen LogP contribution in [-0.4, -0.2) is 24.2 Å². The van der Waals surface area contributed by atoms with Crippen LogP contribution >= 0.6 is 15.9 Å². The maximum Gasteiger partial charge on any atom is 0.254 e. The number of amides is 1. The van der Waals surface area contributed by atoms with E-state index in [9.17, 15) is 9.18 Å². The Morgan fingerprint density at radius 2 is 2.19 bits per heavy atom. The van der Waals surface area contributed by atoms with Crippen molar-refractivity contribution >= 4 is 21.8 Å². The molecular weight excluding hydrogens is 337 g/mol. The first-order valence-electron chi connectivity index (χ1n) is 7.39. The standard InChI is InChI=1S/C16H21BrFNO2/c1-3-16(4-2)10-12(7-8-21-16)19-15(20)13-6-5-11(17)9-14(13)18/h5-6,9,12H,3-4,7-8,10H2,1-2H3,(H,19,20). The molecule has 5 heteroatoms. The van der Waals surface area contributed by atoms with Crippen LogP contribution in [0.2, 0.25) is 0 Å². The van der Waals surface area contributed by atoms with Crippen molar-refractivity contribution in [3.8, 4) is 0 Å². The molecule has 0 radical (unpaired) electrons. The van der Waals surface area contributed by atoms with Crippen LogP contribution in [0.15, 0.2) is 22.7 Å². The molecule has 1 unspecified atom stereocenters. The molecule has 21 heavy (non-hydrogen) atoms. The van der Waals surface area contributed by atoms with Crippen molar-refractivity contribution in [3.63, 3.8) is 0 Å². The molecule has 0 aromatic heterocycles. The lowest BCUT2D eigenvalue weighted by molar-refractivity contribution is -0.0917. The number of hydrogen-bond acceptors (Lipinski definition) is 2. The van der Waals surface area contributed by atoms with E-state index in [0.717, 1.165) is 25.7 Å². The van der Waals surface area contributed by atoms with Gasteiger partial charge >= 0.3 is 0 Å². The SMILES string of the molecule is CCC1(CC)CC(NC(=O)c2ccc(Br)cc2F)CCO1. The summed E-state index contributed by atoms with van der Waals surface area (Å²) in [6.07, 6.45) is 3.39. The fourth-order valence-corrected chi connectivity index (χ4v) is 3.16. The van der Waals surface area contributed by atoms with E-state index < -0.39 is 5.82 Å². The summed E-state index contributed by atoms with van der Waals surface area (Å²) in [6, 6.07) is 4.52. The molecule has 1 fully saturated rings. The molecule has 1 aliphatic heterocycles. The Hall–Kier alpha value is -0.940. The third-order valence-electron chi connectivity index (χ3n) is 4.29. The Balaban J connectivity index is 2.05. The number of ether oxygens (including phenoxy) is 1. The predicted octanol–water partition coefficient (Wildman–Crippen LogP) is 4.06. The Morgan fingerprint density at radius 3 is 2.81 bits per heavy atom. The Kier molecular flexibility index (Phi) is 5.38. The van der Waals surface area contributed by atoms with E-state index >= 15 is 0 Å². The van der Waals surface area contributed by atoms with Gasteiger partial charge in [0, 0.05) is 17.1 Å². The molecule has 1 aromatic rings. The molecule has 2 rings (SSSR count). The minimum atomic E-state index is -0.508. The van der Waals surface area contributed by atoms with Gasteiger partial charge in [0.1, 0.15) is 5.82 Å². The van der Waals surface area contributed by atoms with Gasteiger partial charge in [0.05, 0.1) is 11.2 Å². The van der Waals surface area contributed by atoms with Crippen LogP contribution in [0.3, 0.4) is 0 Å². The minimum absolute atomic E-state index is 0.0363. The number of benzene rings is 1. The highest BCUT2D eigenvalue weighted by Crippen LogP contribution is 2.31. The quantitative estimate of drug-likeness (QED) is 0.882. The van der Waals surface area contributed by atoms with Gasteiger partial charge in [-0.05, 0) is 43.9 Å². The first-order chi connectivity index (χ1) is 9.99. The van der Waals surface area contributed by atoms with E-state index in [0.29, 0.717) is 11.1 Å². The fraction of sp³-hybridized carbons (Fsp3) is 0.562. The van der Waals surface area contributed by atoms with Gasteiger partial charge in [0.25, 0.3) is 5.91 Å². The van der Waals surface area contributed by atoms with Gasteiger partial charge in [-0.15, -0.1) is 0 Å². The van der Waals surface area contributed by atoms with E-state index in [2.05, 4.69) is 35.1 Å². The second kappa shape index (κ2) is 6.88. The van der Waals surface area contributed by atoms with E-state index in [1.54, 1.807) is 6.07 Å². The molecule has 116 valence electrons. The first kappa shape index (κ1) is 16.4. The van der Waals surface area contributed by atoms with Crippen LogP contribution < -0.4 is 5.32 Å². The number of carbonyl (C=O) groups excluding carboxylic acids is 1. The average molecular weight is 358 g/mol. The summed E-state index contributed by atoms with van der Waals surface area (Å²) in [5.74, 6) is -0.862. The van der Waals surface area contributed by atoms with E-state index in [4.69, 9.17) is 4.74 Å². The van der Waals surface area contributed by atoms with Gasteiger partial charge in [-0.1, -0.05) is 29.8 Å². The molecular formula is C16H21BrFNO2. The van der Waals surface area contributed by atoms with Crippen molar-refractivity contribution in [3.05, 3.63) is 34.1 Å². The van der Waals surface area contributed by atoms with Crippen molar-refractivity contribution in [2.24, 2.45) is 0 Å². The van der Waals surface area contributed by atoms with Crippen molar-refractivity contribution in [1.82, 2.24) is 5.32 Å². The molecule has 1 aromatic carbocycles. The zero-order chi connectivity index (χ0) is 15.5. The fourth-order valence-electron chi connectivity index (χ4n) is 2.83. The summed E-state index contributed by atoms with van der Waals surface area (Å²) >= 11 is 3.19. The lowest BCUT2D eigenvalue weighted by Crippen LogP contribution is -2.48. The Labute approximate surface area is 133 Å². The Bertz CT molecular complexity index is 517. The van der Waals surface area contributed by atoms with Crippen LogP contribution in [0.25, 0.3) is 0 Å². The molecule has 1 heterocycles. The van der Waals surface area contributed by atoms with Gasteiger partial charge in [-0.25, -0.2) is 4.39 Å². The number of nitrogens with one attached hydrogen (secondary N) is 1. The molecule has 0 saturated carbocycles. The number of carbonyl (C=O) groups is 1. The normalized spacial score (nSPS) is 21.0. The summed E-state index contributed by atoms with van der Waals surface area (Å²) in [4.78, 5) is 12.2. The lowest BCUT2D eigenvalue weighted by Gasteiger charge is -2.40. The van der Waals surface area contributed by atoms with Crippen LogP contribution in [0.5, 0.6) is 0 Å². The lowest BCUT2D eigenvalue weighted by atomic mass is 9.86. The highest BCUT2D eigenvalue weighted by atomic mass is 79.9. The van der Waals surface area contributed by atoms with Crippen LogP contribution in [0, 0.1) is 5.82 Å². The highest BCUT2D eigenvalue weighted by molar-refractivity contribution is 9.10. The monoisotopic (exact) mass is 357 g/mol. The summed E-state index contributed by atoms with van der Waals surface area (Å²) in [7, 11) is 0. The molecule has 1 N–H and O–H groups in total. The van der Waals surface area contributed by atoms with E-state index in [1.165, 1.54) is 12.1 Å². The third kappa shape index (κ3) is 3.83. The van der Waals surface area contributed by atoms with Gasteiger partial charge in [-0.3, -0.25) is 4.79 Å². The van der Waals surface area contributed by atoms with Crippen molar-refractivity contribution < 1.29 is 13.9 Å². The average Bonchev–Trinajstić information content (AvgIpc) is 2.47. The third-order valence-corrected chi connectivity index (χ3v) is 4.79. The van der Waals surface area contributed by atoms with Gasteiger partial charge in [0.2, 0.25) is 0 Å². The molecule has 3 nitrogen and oxygen atoms in total. The predicted molar refractivity (Wildman–Crippen MR) is 83.9 cm³/mol. The van der Waals surface area contributed by atoms with Crippen molar-refractivity contribution in [1.29, 1.82) is 0 Å². The molecule has 1 aliphatic rings. The summed E-state index contributed by atoms with van der Waals surface area (Å²) < 4.78 is 20.3. The molecule has 0 spiro atoms. The number of hydrogen-bond donors (Lipinski definition) is 1. The topological polar surface area (TPSA) is 38.3 Å². The van der Waals surface area contributed by atoms with Gasteiger partial charge in [0.15, 0.2) is 0 Å². The molecule has 1 atom stereocenters. The van der Waals surface area contributed by atoms with Crippen molar-refractivity contribution in [2.45, 2.75) is 51.2 Å². The maximum atomic E-state index is 13.8. The Morgan fingerprint density at radius 1 is 1.48 bits per heavy atom. The zero-order valence-corrected chi connectivity index (χ0v) is 14.0. The molecule has 1 saturated heterocycles. The molecule has 0 bridgehead atoms. The minimum Gasteiger partial charge on any atom is -0.375 e. The smallest absolute Gasteiger partial charge is 0.254 e. The van der Waals surface area contributed by atoms with Gasteiger partial charge in [-0.2, -0.15) is 0 Å². The van der Waals surface area contributed by atoms with Crippen LogP contribution in [0.4, 0.5) is 4.39 Å². The molecule has 1 amide bonds. The van der Waals surface area contributed by atoms with Gasteiger partial charge < -0.3 is 10.1 Å². The van der Waals surface area contributed by atoms with Crippen LogP contribution in [0.1, 0.15) is 49.9 Å². The summed E-state index contributed by atoms with van der Waals surface area (Å²) in [6.45, 7) is 4.83. The summed E-state index contributed by atoms with van der Waals surface area (Å²) in [5, 5.41) is 2.94. The van der Waals surface area contributed by atoms with Crippen LogP contribution in [-0.2, 0) is 4.74 Å². The first-order valence-corrected chi connectivity index (χ1v) is 8.19. The zero-order valence-electron chi connectivity index (χ0n) is 12.4.